The minimum Gasteiger partial charge on any atom is -0.346 e. The molecular formula is C18H27N3O2. The van der Waals surface area contributed by atoms with Gasteiger partial charge in [0, 0.05) is 13.1 Å². The molecule has 0 saturated heterocycles. The van der Waals surface area contributed by atoms with Crippen LogP contribution in [0.2, 0.25) is 0 Å². The summed E-state index contributed by atoms with van der Waals surface area (Å²) in [5.74, 6) is -0.285. The summed E-state index contributed by atoms with van der Waals surface area (Å²) < 4.78 is 0. The van der Waals surface area contributed by atoms with Crippen molar-refractivity contribution >= 4 is 11.8 Å². The number of benzene rings is 1. The molecular weight excluding hydrogens is 290 g/mol. The molecule has 1 aromatic rings. The first-order valence-corrected chi connectivity index (χ1v) is 8.26. The first kappa shape index (κ1) is 17.5. The quantitative estimate of drug-likeness (QED) is 0.854. The molecule has 0 heterocycles. The second-order valence-corrected chi connectivity index (χ2v) is 6.66. The molecule has 3 N–H and O–H groups in total. The molecule has 0 spiro atoms. The van der Waals surface area contributed by atoms with E-state index in [0.717, 1.165) is 19.3 Å². The van der Waals surface area contributed by atoms with Crippen molar-refractivity contribution in [3.8, 4) is 0 Å². The topological polar surface area (TPSA) is 75.4 Å². The largest absolute Gasteiger partial charge is 0.346 e. The van der Waals surface area contributed by atoms with Crippen LogP contribution in [0.1, 0.15) is 31.4 Å². The number of amides is 2. The highest BCUT2D eigenvalue weighted by molar-refractivity contribution is 5.87. The third kappa shape index (κ3) is 4.32. The first-order chi connectivity index (χ1) is 10.9. The molecule has 2 rings (SSSR count). The average molecular weight is 317 g/mol. The molecule has 0 aliphatic heterocycles. The molecule has 5 heteroatoms. The van der Waals surface area contributed by atoms with Crippen molar-refractivity contribution in [1.29, 1.82) is 0 Å². The van der Waals surface area contributed by atoms with Crippen LogP contribution in [0.15, 0.2) is 24.3 Å². The lowest BCUT2D eigenvalue weighted by Gasteiger charge is -2.32. The number of fused-ring (bicyclic) bond motifs is 1. The Morgan fingerprint density at radius 2 is 1.96 bits per heavy atom. The molecule has 1 unspecified atom stereocenters. The molecule has 2 amide bonds. The fourth-order valence-electron chi connectivity index (χ4n) is 2.92. The van der Waals surface area contributed by atoms with Crippen LogP contribution in [0.25, 0.3) is 0 Å². The lowest BCUT2D eigenvalue weighted by molar-refractivity contribution is -0.134. The Labute approximate surface area is 138 Å². The number of carbonyl (C=O) groups excluding carboxylic acids is 2. The van der Waals surface area contributed by atoms with Crippen molar-refractivity contribution in [2.45, 2.75) is 45.2 Å². The van der Waals surface area contributed by atoms with Gasteiger partial charge in [-0.1, -0.05) is 38.1 Å². The van der Waals surface area contributed by atoms with Crippen LogP contribution in [0.5, 0.6) is 0 Å². The van der Waals surface area contributed by atoms with Gasteiger partial charge in [-0.3, -0.25) is 9.59 Å². The average Bonchev–Trinajstić information content (AvgIpc) is 2.57. The summed E-state index contributed by atoms with van der Waals surface area (Å²) in [6.45, 7) is 3.78. The molecule has 0 saturated carbocycles. The number of nitrogens with zero attached hydrogens (tertiary/aromatic N) is 1. The Morgan fingerprint density at radius 1 is 1.30 bits per heavy atom. The molecule has 0 fully saturated rings. The minimum absolute atomic E-state index is 0.00784. The van der Waals surface area contributed by atoms with Gasteiger partial charge in [-0.2, -0.15) is 0 Å². The summed E-state index contributed by atoms with van der Waals surface area (Å²) in [6.07, 6.45) is 2.82. The summed E-state index contributed by atoms with van der Waals surface area (Å²) in [7, 11) is 1.81. The number of nitrogens with two attached hydrogens (primary N) is 1. The van der Waals surface area contributed by atoms with Crippen LogP contribution < -0.4 is 11.1 Å². The monoisotopic (exact) mass is 317 g/mol. The minimum atomic E-state index is -0.574. The van der Waals surface area contributed by atoms with Crippen molar-refractivity contribution < 1.29 is 9.59 Å². The predicted molar refractivity (Wildman–Crippen MR) is 90.8 cm³/mol. The molecule has 0 aromatic heterocycles. The lowest BCUT2D eigenvalue weighted by Crippen LogP contribution is -2.49. The molecule has 1 aliphatic carbocycles. The van der Waals surface area contributed by atoms with Gasteiger partial charge in [0.1, 0.15) is 0 Å². The van der Waals surface area contributed by atoms with Gasteiger partial charge in [-0.25, -0.2) is 0 Å². The molecule has 1 aromatic carbocycles. The SMILES string of the molecule is CC(C)[C@H](N)C(=O)NCC(=O)N(C)C1CCc2ccccc2C1. The van der Waals surface area contributed by atoms with E-state index >= 15 is 0 Å². The summed E-state index contributed by atoms with van der Waals surface area (Å²) in [5, 5.41) is 2.65. The molecule has 1 aliphatic rings. The maximum Gasteiger partial charge on any atom is 0.241 e. The number of hydrogen-bond donors (Lipinski definition) is 2. The van der Waals surface area contributed by atoms with E-state index < -0.39 is 6.04 Å². The van der Waals surface area contributed by atoms with Crippen molar-refractivity contribution in [3.63, 3.8) is 0 Å². The van der Waals surface area contributed by atoms with Crippen LogP contribution in [-0.4, -0.2) is 42.4 Å². The Hall–Kier alpha value is -1.88. The van der Waals surface area contributed by atoms with Gasteiger partial charge in [0.15, 0.2) is 0 Å². The summed E-state index contributed by atoms with van der Waals surface area (Å²) in [5.41, 5.74) is 8.47. The van der Waals surface area contributed by atoms with Gasteiger partial charge in [0.05, 0.1) is 12.6 Å². The molecule has 2 atom stereocenters. The van der Waals surface area contributed by atoms with E-state index in [-0.39, 0.29) is 30.3 Å². The van der Waals surface area contributed by atoms with Gasteiger partial charge in [-0.15, -0.1) is 0 Å². The molecule has 5 nitrogen and oxygen atoms in total. The summed E-state index contributed by atoms with van der Waals surface area (Å²) in [6, 6.07) is 7.99. The second-order valence-electron chi connectivity index (χ2n) is 6.66. The van der Waals surface area contributed by atoms with Gasteiger partial charge in [-0.05, 0) is 36.3 Å². The van der Waals surface area contributed by atoms with E-state index in [2.05, 4.69) is 23.5 Å². The standard InChI is InChI=1S/C18H27N3O2/c1-12(2)17(19)18(23)20-11-16(22)21(3)15-9-8-13-6-4-5-7-14(13)10-15/h4-7,12,15,17H,8-11,19H2,1-3H3,(H,20,23)/t15?,17-/m0/s1. The van der Waals surface area contributed by atoms with Crippen LogP contribution in [0, 0.1) is 5.92 Å². The fraction of sp³-hybridized carbons (Fsp3) is 0.556. The van der Waals surface area contributed by atoms with Gasteiger partial charge >= 0.3 is 0 Å². The second kappa shape index (κ2) is 7.59. The van der Waals surface area contributed by atoms with Gasteiger partial charge in [0.2, 0.25) is 11.8 Å². The van der Waals surface area contributed by atoms with Gasteiger partial charge < -0.3 is 16.0 Å². The third-order valence-electron chi connectivity index (χ3n) is 4.70. The summed E-state index contributed by atoms with van der Waals surface area (Å²) >= 11 is 0. The van der Waals surface area contributed by atoms with Crippen LogP contribution in [-0.2, 0) is 22.4 Å². The van der Waals surface area contributed by atoms with Crippen molar-refractivity contribution in [2.24, 2.45) is 11.7 Å². The van der Waals surface area contributed by atoms with E-state index in [0.29, 0.717) is 0 Å². The number of likely N-dealkylation sites (N-methyl/N-ethyl adjacent to an activating group) is 1. The number of carbonyl (C=O) groups is 2. The molecule has 0 radical (unpaired) electrons. The zero-order valence-electron chi connectivity index (χ0n) is 14.2. The van der Waals surface area contributed by atoms with E-state index in [9.17, 15) is 9.59 Å². The fourth-order valence-corrected chi connectivity index (χ4v) is 2.92. The maximum absolute atomic E-state index is 12.3. The molecule has 23 heavy (non-hydrogen) atoms. The predicted octanol–water partition coefficient (Wildman–Crippen LogP) is 1.10. The highest BCUT2D eigenvalue weighted by Gasteiger charge is 2.25. The Bertz CT molecular complexity index is 571. The Morgan fingerprint density at radius 3 is 2.61 bits per heavy atom. The Kier molecular flexibility index (Phi) is 5.77. The normalized spacial score (nSPS) is 18.2. The zero-order valence-corrected chi connectivity index (χ0v) is 14.2. The van der Waals surface area contributed by atoms with Crippen molar-refractivity contribution in [1.82, 2.24) is 10.2 Å². The van der Waals surface area contributed by atoms with Crippen LogP contribution in [0.3, 0.4) is 0 Å². The van der Waals surface area contributed by atoms with E-state index in [1.54, 1.807) is 4.90 Å². The third-order valence-corrected chi connectivity index (χ3v) is 4.70. The summed E-state index contributed by atoms with van der Waals surface area (Å²) in [4.78, 5) is 25.9. The lowest BCUT2D eigenvalue weighted by atomic mass is 9.87. The van der Waals surface area contributed by atoms with Crippen molar-refractivity contribution in [3.05, 3.63) is 35.4 Å². The zero-order chi connectivity index (χ0) is 17.0. The molecule has 126 valence electrons. The smallest absolute Gasteiger partial charge is 0.241 e. The highest BCUT2D eigenvalue weighted by atomic mass is 16.2. The number of rotatable bonds is 5. The first-order valence-electron chi connectivity index (χ1n) is 8.26. The number of nitrogens with one attached hydrogen (secondary N) is 1. The van der Waals surface area contributed by atoms with E-state index in [1.165, 1.54) is 11.1 Å². The van der Waals surface area contributed by atoms with Crippen LogP contribution in [0.4, 0.5) is 0 Å². The van der Waals surface area contributed by atoms with E-state index in [4.69, 9.17) is 5.73 Å². The highest BCUT2D eigenvalue weighted by Crippen LogP contribution is 2.23. The maximum atomic E-state index is 12.3. The number of hydrogen-bond acceptors (Lipinski definition) is 3. The van der Waals surface area contributed by atoms with Gasteiger partial charge in [0.25, 0.3) is 0 Å². The Balaban J connectivity index is 1.87. The number of aryl methyl sites for hydroxylation is 1. The van der Waals surface area contributed by atoms with Crippen LogP contribution >= 0.6 is 0 Å². The molecule has 0 bridgehead atoms. The van der Waals surface area contributed by atoms with Crippen molar-refractivity contribution in [2.75, 3.05) is 13.6 Å². The van der Waals surface area contributed by atoms with E-state index in [1.807, 2.05) is 27.0 Å².